The molecule has 0 unspecified atom stereocenters. The summed E-state index contributed by atoms with van der Waals surface area (Å²) in [6.45, 7) is 14.5. The number of likely N-dealkylation sites (tertiary alicyclic amines) is 1. The van der Waals surface area contributed by atoms with Crippen LogP contribution in [-0.2, 0) is 6.54 Å². The van der Waals surface area contributed by atoms with Gasteiger partial charge in [0, 0.05) is 25.2 Å². The first-order valence-corrected chi connectivity index (χ1v) is 7.50. The van der Waals surface area contributed by atoms with E-state index in [-0.39, 0.29) is 24.0 Å². The molecule has 0 aromatic carbocycles. The molecule has 1 aliphatic heterocycles. The Balaban J connectivity index is 0.00000220. The molecule has 2 rings (SSSR count). The average molecular weight is 405 g/mol. The van der Waals surface area contributed by atoms with Crippen molar-refractivity contribution >= 4 is 29.9 Å². The molecule has 0 spiro atoms. The second-order valence-electron chi connectivity index (χ2n) is 6.44. The van der Waals surface area contributed by atoms with E-state index in [1.54, 1.807) is 0 Å². The quantitative estimate of drug-likeness (QED) is 0.474. The van der Waals surface area contributed by atoms with E-state index in [0.29, 0.717) is 12.0 Å². The molecule has 1 aliphatic rings. The first-order valence-electron chi connectivity index (χ1n) is 7.50. The van der Waals surface area contributed by atoms with Crippen LogP contribution in [0.5, 0.6) is 0 Å². The fraction of sp³-hybridized carbons (Fsp3) is 0.688. The van der Waals surface area contributed by atoms with Crippen LogP contribution in [0, 0.1) is 19.3 Å². The van der Waals surface area contributed by atoms with Gasteiger partial charge in [0.25, 0.3) is 0 Å². The molecule has 1 aromatic heterocycles. The minimum absolute atomic E-state index is 0. The number of aliphatic imine (C=N–C) groups is 1. The van der Waals surface area contributed by atoms with Crippen molar-refractivity contribution in [3.05, 3.63) is 23.2 Å². The predicted octanol–water partition coefficient (Wildman–Crippen LogP) is 3.71. The third-order valence-electron chi connectivity index (χ3n) is 3.85. The Hall–Kier alpha value is -0.720. The second-order valence-corrected chi connectivity index (χ2v) is 6.44. The number of halogens is 1. The van der Waals surface area contributed by atoms with E-state index >= 15 is 0 Å². The maximum atomic E-state index is 5.56. The van der Waals surface area contributed by atoms with Gasteiger partial charge < -0.3 is 14.6 Å². The number of aryl methyl sites for hydroxylation is 2. The smallest absolute Gasteiger partial charge is 0.194 e. The van der Waals surface area contributed by atoms with Crippen LogP contribution in [0.15, 0.2) is 15.5 Å². The zero-order valence-electron chi connectivity index (χ0n) is 13.8. The summed E-state index contributed by atoms with van der Waals surface area (Å²) in [5.74, 6) is 2.96. The summed E-state index contributed by atoms with van der Waals surface area (Å²) < 4.78 is 5.56. The largest absolute Gasteiger partial charge is 0.466 e. The Morgan fingerprint density at radius 1 is 1.43 bits per heavy atom. The van der Waals surface area contributed by atoms with E-state index in [1.807, 2.05) is 13.8 Å². The van der Waals surface area contributed by atoms with Crippen molar-refractivity contribution in [1.82, 2.24) is 10.2 Å². The Bertz CT molecular complexity index is 494. The van der Waals surface area contributed by atoms with E-state index in [9.17, 15) is 0 Å². The standard InChI is InChI=1S/C16H27N3O.HI/c1-6-17-15(19-8-7-16(4,5)11-19)18-10-14-9-12(2)20-13(14)3;/h9H,6-8,10-11H2,1-5H3,(H,17,18);1H. The molecule has 1 saturated heterocycles. The van der Waals surface area contributed by atoms with Gasteiger partial charge in [0.1, 0.15) is 11.5 Å². The van der Waals surface area contributed by atoms with Crippen LogP contribution in [0.2, 0.25) is 0 Å². The van der Waals surface area contributed by atoms with Crippen molar-refractivity contribution in [1.29, 1.82) is 0 Å². The normalized spacial score (nSPS) is 17.8. The van der Waals surface area contributed by atoms with Gasteiger partial charge >= 0.3 is 0 Å². The molecule has 120 valence electrons. The van der Waals surface area contributed by atoms with Gasteiger partial charge in [-0.3, -0.25) is 0 Å². The summed E-state index contributed by atoms with van der Waals surface area (Å²) >= 11 is 0. The molecule has 1 fully saturated rings. The number of hydrogen-bond donors (Lipinski definition) is 1. The van der Waals surface area contributed by atoms with Gasteiger partial charge in [-0.1, -0.05) is 13.8 Å². The highest BCUT2D eigenvalue weighted by molar-refractivity contribution is 14.0. The predicted molar refractivity (Wildman–Crippen MR) is 98.4 cm³/mol. The number of guanidine groups is 1. The van der Waals surface area contributed by atoms with E-state index in [1.165, 1.54) is 12.0 Å². The number of furan rings is 1. The molecule has 2 heterocycles. The van der Waals surface area contributed by atoms with Crippen LogP contribution >= 0.6 is 24.0 Å². The molecular formula is C16H28IN3O. The molecule has 0 radical (unpaired) electrons. The summed E-state index contributed by atoms with van der Waals surface area (Å²) in [6, 6.07) is 2.08. The maximum absolute atomic E-state index is 5.56. The van der Waals surface area contributed by atoms with Crippen LogP contribution in [0.1, 0.15) is 44.3 Å². The van der Waals surface area contributed by atoms with Gasteiger partial charge in [-0.15, -0.1) is 24.0 Å². The number of nitrogens with zero attached hydrogens (tertiary/aromatic N) is 2. The number of rotatable bonds is 3. The highest BCUT2D eigenvalue weighted by Crippen LogP contribution is 2.28. The SMILES string of the molecule is CCNC(=NCc1cc(C)oc1C)N1CCC(C)(C)C1.I. The Morgan fingerprint density at radius 2 is 2.14 bits per heavy atom. The molecule has 0 saturated carbocycles. The third kappa shape index (κ3) is 4.90. The molecular weight excluding hydrogens is 377 g/mol. The lowest BCUT2D eigenvalue weighted by molar-refractivity contribution is 0.370. The topological polar surface area (TPSA) is 40.8 Å². The van der Waals surface area contributed by atoms with Crippen molar-refractivity contribution in [3.8, 4) is 0 Å². The fourth-order valence-corrected chi connectivity index (χ4v) is 2.72. The van der Waals surface area contributed by atoms with Crippen molar-refractivity contribution in [3.63, 3.8) is 0 Å². The molecule has 4 nitrogen and oxygen atoms in total. The van der Waals surface area contributed by atoms with E-state index in [2.05, 4.69) is 37.1 Å². The molecule has 0 atom stereocenters. The molecule has 1 N–H and O–H groups in total. The summed E-state index contributed by atoms with van der Waals surface area (Å²) in [7, 11) is 0. The highest BCUT2D eigenvalue weighted by atomic mass is 127. The minimum Gasteiger partial charge on any atom is -0.466 e. The minimum atomic E-state index is 0. The van der Waals surface area contributed by atoms with Gasteiger partial charge in [0.15, 0.2) is 5.96 Å². The van der Waals surface area contributed by atoms with Crippen molar-refractivity contribution < 1.29 is 4.42 Å². The van der Waals surface area contributed by atoms with E-state index < -0.39 is 0 Å². The second kappa shape index (κ2) is 7.51. The first kappa shape index (κ1) is 18.3. The molecule has 5 heteroatoms. The molecule has 0 bridgehead atoms. The van der Waals surface area contributed by atoms with Crippen LogP contribution in [0.25, 0.3) is 0 Å². The third-order valence-corrected chi connectivity index (χ3v) is 3.85. The van der Waals surface area contributed by atoms with E-state index in [0.717, 1.165) is 37.1 Å². The Morgan fingerprint density at radius 3 is 2.62 bits per heavy atom. The lowest BCUT2D eigenvalue weighted by Gasteiger charge is -2.23. The van der Waals surface area contributed by atoms with Gasteiger partial charge in [0.2, 0.25) is 0 Å². The van der Waals surface area contributed by atoms with Crippen LogP contribution in [0.4, 0.5) is 0 Å². The highest BCUT2D eigenvalue weighted by Gasteiger charge is 2.30. The van der Waals surface area contributed by atoms with Gasteiger partial charge in [-0.2, -0.15) is 0 Å². The fourth-order valence-electron chi connectivity index (χ4n) is 2.72. The lowest BCUT2D eigenvalue weighted by atomic mass is 9.93. The van der Waals surface area contributed by atoms with Gasteiger partial charge in [-0.25, -0.2) is 4.99 Å². The average Bonchev–Trinajstić information content (AvgIpc) is 2.87. The lowest BCUT2D eigenvalue weighted by Crippen LogP contribution is -2.40. The van der Waals surface area contributed by atoms with E-state index in [4.69, 9.17) is 9.41 Å². The van der Waals surface area contributed by atoms with Crippen molar-refractivity contribution in [2.75, 3.05) is 19.6 Å². The number of nitrogens with one attached hydrogen (secondary N) is 1. The zero-order chi connectivity index (χ0) is 14.8. The summed E-state index contributed by atoms with van der Waals surface area (Å²) in [5, 5.41) is 3.40. The summed E-state index contributed by atoms with van der Waals surface area (Å²) in [5.41, 5.74) is 1.56. The first-order chi connectivity index (χ1) is 9.41. The monoisotopic (exact) mass is 405 g/mol. The van der Waals surface area contributed by atoms with Gasteiger partial charge in [0.05, 0.1) is 6.54 Å². The maximum Gasteiger partial charge on any atom is 0.194 e. The Labute approximate surface area is 145 Å². The summed E-state index contributed by atoms with van der Waals surface area (Å²) in [6.07, 6.45) is 1.22. The zero-order valence-corrected chi connectivity index (χ0v) is 16.2. The van der Waals surface area contributed by atoms with Crippen molar-refractivity contribution in [2.45, 2.75) is 47.6 Å². The number of hydrogen-bond acceptors (Lipinski definition) is 2. The molecule has 1 aromatic rings. The van der Waals surface area contributed by atoms with Crippen LogP contribution in [-0.4, -0.2) is 30.5 Å². The molecule has 0 amide bonds. The molecule has 21 heavy (non-hydrogen) atoms. The van der Waals surface area contributed by atoms with Crippen LogP contribution < -0.4 is 5.32 Å². The Kier molecular flexibility index (Phi) is 6.56. The van der Waals surface area contributed by atoms with Gasteiger partial charge in [-0.05, 0) is 38.7 Å². The van der Waals surface area contributed by atoms with Crippen molar-refractivity contribution in [2.24, 2.45) is 10.4 Å². The summed E-state index contributed by atoms with van der Waals surface area (Å²) in [4.78, 5) is 7.14. The molecule has 0 aliphatic carbocycles. The van der Waals surface area contributed by atoms with Crippen LogP contribution in [0.3, 0.4) is 0 Å².